The summed E-state index contributed by atoms with van der Waals surface area (Å²) in [7, 11) is 0. The van der Waals surface area contributed by atoms with Gasteiger partial charge in [-0.1, -0.05) is 0 Å². The van der Waals surface area contributed by atoms with Crippen molar-refractivity contribution >= 4 is 0 Å². The number of rotatable bonds is 2. The largest absolute Gasteiger partial charge is 0.326 e. The Hall–Kier alpha value is -1.68. The van der Waals surface area contributed by atoms with Crippen LogP contribution in [0.1, 0.15) is 11.3 Å². The average molecular weight is 188 g/mol. The first-order valence-electron chi connectivity index (χ1n) is 4.47. The van der Waals surface area contributed by atoms with Crippen LogP contribution in [-0.2, 0) is 6.54 Å². The number of nitrogens with two attached hydrogens (primary N) is 1. The summed E-state index contributed by atoms with van der Waals surface area (Å²) >= 11 is 0. The summed E-state index contributed by atoms with van der Waals surface area (Å²) in [4.78, 5) is 3.96. The molecule has 0 fully saturated rings. The van der Waals surface area contributed by atoms with E-state index in [1.807, 2.05) is 23.7 Å². The Morgan fingerprint density at radius 3 is 2.64 bits per heavy atom. The second-order valence-corrected chi connectivity index (χ2v) is 3.08. The molecule has 0 aliphatic heterocycles. The van der Waals surface area contributed by atoms with Crippen molar-refractivity contribution in [2.75, 3.05) is 0 Å². The number of pyridine rings is 1. The summed E-state index contributed by atoms with van der Waals surface area (Å²) in [6.45, 7) is 2.53. The SMILES string of the molecule is Cc1c(CN)cnn1-c1ccncc1. The molecular formula is C10H12N4. The second kappa shape index (κ2) is 3.59. The summed E-state index contributed by atoms with van der Waals surface area (Å²) in [6, 6.07) is 3.83. The van der Waals surface area contributed by atoms with Crippen LogP contribution in [0, 0.1) is 6.92 Å². The van der Waals surface area contributed by atoms with E-state index < -0.39 is 0 Å². The average Bonchev–Trinajstić information content (AvgIpc) is 2.61. The molecule has 0 spiro atoms. The smallest absolute Gasteiger partial charge is 0.0679 e. The van der Waals surface area contributed by atoms with Gasteiger partial charge in [0.25, 0.3) is 0 Å². The Kier molecular flexibility index (Phi) is 2.28. The van der Waals surface area contributed by atoms with Crippen LogP contribution in [0.25, 0.3) is 5.69 Å². The van der Waals surface area contributed by atoms with E-state index in [4.69, 9.17) is 5.73 Å². The molecule has 0 aromatic carbocycles. The lowest BCUT2D eigenvalue weighted by Gasteiger charge is -2.03. The standard InChI is InChI=1S/C10H12N4/c1-8-9(6-11)7-13-14(8)10-2-4-12-5-3-10/h2-5,7H,6,11H2,1H3. The molecule has 0 saturated carbocycles. The predicted octanol–water partition coefficient (Wildman–Crippen LogP) is 1.03. The van der Waals surface area contributed by atoms with Crippen LogP contribution in [0.3, 0.4) is 0 Å². The normalized spacial score (nSPS) is 10.4. The Morgan fingerprint density at radius 2 is 2.07 bits per heavy atom. The summed E-state index contributed by atoms with van der Waals surface area (Å²) in [6.07, 6.45) is 5.30. The quantitative estimate of drug-likeness (QED) is 0.766. The van der Waals surface area contributed by atoms with E-state index in [0.29, 0.717) is 6.54 Å². The highest BCUT2D eigenvalue weighted by Gasteiger charge is 2.05. The third-order valence-corrected chi connectivity index (χ3v) is 2.24. The van der Waals surface area contributed by atoms with Crippen LogP contribution in [-0.4, -0.2) is 14.8 Å². The van der Waals surface area contributed by atoms with E-state index in [-0.39, 0.29) is 0 Å². The van der Waals surface area contributed by atoms with Gasteiger partial charge < -0.3 is 5.73 Å². The molecule has 0 aliphatic rings. The molecule has 0 aliphatic carbocycles. The predicted molar refractivity (Wildman–Crippen MR) is 54.0 cm³/mol. The molecule has 72 valence electrons. The lowest BCUT2D eigenvalue weighted by molar-refractivity contribution is 0.841. The lowest BCUT2D eigenvalue weighted by atomic mass is 10.2. The van der Waals surface area contributed by atoms with Gasteiger partial charge in [0.2, 0.25) is 0 Å². The highest BCUT2D eigenvalue weighted by atomic mass is 15.3. The first-order valence-corrected chi connectivity index (χ1v) is 4.47. The van der Waals surface area contributed by atoms with Crippen molar-refractivity contribution in [3.63, 3.8) is 0 Å². The summed E-state index contributed by atoms with van der Waals surface area (Å²) in [5, 5.41) is 4.27. The molecule has 0 atom stereocenters. The molecule has 0 amide bonds. The Balaban J connectivity index is 2.48. The minimum absolute atomic E-state index is 0.525. The fourth-order valence-electron chi connectivity index (χ4n) is 1.39. The molecule has 4 nitrogen and oxygen atoms in total. The van der Waals surface area contributed by atoms with Crippen molar-refractivity contribution in [2.24, 2.45) is 5.73 Å². The van der Waals surface area contributed by atoms with Gasteiger partial charge in [-0.2, -0.15) is 5.10 Å². The van der Waals surface area contributed by atoms with E-state index in [9.17, 15) is 0 Å². The van der Waals surface area contributed by atoms with E-state index >= 15 is 0 Å². The maximum Gasteiger partial charge on any atom is 0.0679 e. The van der Waals surface area contributed by atoms with Crippen LogP contribution in [0.5, 0.6) is 0 Å². The van der Waals surface area contributed by atoms with Crippen molar-refractivity contribution in [2.45, 2.75) is 13.5 Å². The lowest BCUT2D eigenvalue weighted by Crippen LogP contribution is -2.01. The molecular weight excluding hydrogens is 176 g/mol. The van der Waals surface area contributed by atoms with Crippen molar-refractivity contribution in [3.8, 4) is 5.69 Å². The minimum atomic E-state index is 0.525. The Labute approximate surface area is 82.4 Å². The third-order valence-electron chi connectivity index (χ3n) is 2.24. The van der Waals surface area contributed by atoms with E-state index in [1.165, 1.54) is 0 Å². The number of aromatic nitrogens is 3. The number of hydrogen-bond acceptors (Lipinski definition) is 3. The second-order valence-electron chi connectivity index (χ2n) is 3.08. The van der Waals surface area contributed by atoms with Gasteiger partial charge in [0.15, 0.2) is 0 Å². The van der Waals surface area contributed by atoms with E-state index in [2.05, 4.69) is 10.1 Å². The van der Waals surface area contributed by atoms with Crippen LogP contribution in [0.15, 0.2) is 30.7 Å². The number of nitrogens with zero attached hydrogens (tertiary/aromatic N) is 3. The van der Waals surface area contributed by atoms with Crippen LogP contribution < -0.4 is 5.73 Å². The molecule has 2 rings (SSSR count). The fourth-order valence-corrected chi connectivity index (χ4v) is 1.39. The minimum Gasteiger partial charge on any atom is -0.326 e. The summed E-state index contributed by atoms with van der Waals surface area (Å²) < 4.78 is 1.86. The van der Waals surface area contributed by atoms with Crippen LogP contribution in [0.4, 0.5) is 0 Å². The molecule has 2 N–H and O–H groups in total. The zero-order valence-corrected chi connectivity index (χ0v) is 8.01. The van der Waals surface area contributed by atoms with Gasteiger partial charge in [-0.25, -0.2) is 4.68 Å². The Morgan fingerprint density at radius 1 is 1.36 bits per heavy atom. The van der Waals surface area contributed by atoms with E-state index in [1.54, 1.807) is 18.6 Å². The highest BCUT2D eigenvalue weighted by molar-refractivity contribution is 5.32. The molecule has 0 saturated heterocycles. The van der Waals surface area contributed by atoms with Crippen molar-refractivity contribution in [3.05, 3.63) is 42.0 Å². The molecule has 0 radical (unpaired) electrons. The van der Waals surface area contributed by atoms with Crippen molar-refractivity contribution in [1.82, 2.24) is 14.8 Å². The van der Waals surface area contributed by atoms with Gasteiger partial charge in [0.1, 0.15) is 0 Å². The monoisotopic (exact) mass is 188 g/mol. The van der Waals surface area contributed by atoms with Crippen molar-refractivity contribution < 1.29 is 0 Å². The summed E-state index contributed by atoms with van der Waals surface area (Å²) in [5.74, 6) is 0. The zero-order valence-electron chi connectivity index (χ0n) is 8.01. The topological polar surface area (TPSA) is 56.7 Å². The van der Waals surface area contributed by atoms with Gasteiger partial charge in [-0.15, -0.1) is 0 Å². The maximum atomic E-state index is 5.58. The summed E-state index contributed by atoms with van der Waals surface area (Å²) in [5.41, 5.74) is 8.74. The fraction of sp³-hybridized carbons (Fsp3) is 0.200. The van der Waals surface area contributed by atoms with Crippen LogP contribution >= 0.6 is 0 Å². The molecule has 2 aromatic rings. The highest BCUT2D eigenvalue weighted by Crippen LogP contribution is 2.12. The van der Waals surface area contributed by atoms with E-state index in [0.717, 1.165) is 16.9 Å². The van der Waals surface area contributed by atoms with Gasteiger partial charge in [-0.05, 0) is 19.1 Å². The Bertz CT molecular complexity index is 419. The molecule has 4 heteroatoms. The van der Waals surface area contributed by atoms with Gasteiger partial charge in [0.05, 0.1) is 11.9 Å². The first kappa shape index (κ1) is 8.90. The first-order chi connectivity index (χ1) is 6.83. The molecule has 2 heterocycles. The third kappa shape index (κ3) is 1.40. The van der Waals surface area contributed by atoms with Crippen molar-refractivity contribution in [1.29, 1.82) is 0 Å². The molecule has 14 heavy (non-hydrogen) atoms. The van der Waals surface area contributed by atoms with Gasteiger partial charge in [-0.3, -0.25) is 4.98 Å². The maximum absolute atomic E-state index is 5.58. The zero-order chi connectivity index (χ0) is 9.97. The van der Waals surface area contributed by atoms with Gasteiger partial charge in [0, 0.05) is 30.2 Å². The number of hydrogen-bond donors (Lipinski definition) is 1. The van der Waals surface area contributed by atoms with Crippen LogP contribution in [0.2, 0.25) is 0 Å². The van der Waals surface area contributed by atoms with Gasteiger partial charge >= 0.3 is 0 Å². The molecule has 0 bridgehead atoms. The molecule has 2 aromatic heterocycles. The molecule has 0 unspecified atom stereocenters.